The zero-order chi connectivity index (χ0) is 14.5. The van der Waals surface area contributed by atoms with Gasteiger partial charge in [-0.2, -0.15) is 0 Å². The molecule has 0 N–H and O–H groups in total. The van der Waals surface area contributed by atoms with Gasteiger partial charge in [0.15, 0.2) is 6.79 Å². The van der Waals surface area contributed by atoms with Gasteiger partial charge in [-0.3, -0.25) is 0 Å². The molecule has 19 heavy (non-hydrogen) atoms. The summed E-state index contributed by atoms with van der Waals surface area (Å²) < 4.78 is 10.4. The Morgan fingerprint density at radius 3 is 2.53 bits per heavy atom. The Balaban J connectivity index is 2.66. The van der Waals surface area contributed by atoms with Crippen molar-refractivity contribution in [3.05, 3.63) is 29.8 Å². The average molecular weight is 283 g/mol. The van der Waals surface area contributed by atoms with Crippen molar-refractivity contribution in [2.24, 2.45) is 5.41 Å². The van der Waals surface area contributed by atoms with Crippen LogP contribution in [0.25, 0.3) is 0 Å². The van der Waals surface area contributed by atoms with E-state index >= 15 is 0 Å². The maximum atomic E-state index is 5.49. The molecule has 0 fully saturated rings. The second-order valence-electron chi connectivity index (χ2n) is 6.04. The highest BCUT2D eigenvalue weighted by atomic mass is 32.2. The lowest BCUT2D eigenvalue weighted by molar-refractivity contribution is 0.0511. The van der Waals surface area contributed by atoms with Crippen LogP contribution in [0.2, 0.25) is 0 Å². The monoisotopic (exact) mass is 283 g/mol. The number of hydrogen-bond acceptors (Lipinski definition) is 2. The molecule has 1 rings (SSSR count). The molecule has 3 heteroatoms. The summed E-state index contributed by atoms with van der Waals surface area (Å²) in [6.07, 6.45) is 2.36. The molecule has 1 aromatic carbocycles. The van der Waals surface area contributed by atoms with E-state index in [0.29, 0.717) is 28.4 Å². The summed E-state index contributed by atoms with van der Waals surface area (Å²) in [6, 6.07) is 8.33. The van der Waals surface area contributed by atoms with E-state index in [9.17, 15) is 0 Å². The lowest BCUT2D eigenvalue weighted by Crippen LogP contribution is -2.32. The quantitative estimate of drug-likeness (QED) is 0.583. The molecule has 0 aromatic heterocycles. The van der Waals surface area contributed by atoms with Gasteiger partial charge in [0.2, 0.25) is 0 Å². The molecule has 108 valence electrons. The van der Waals surface area contributed by atoms with Crippen LogP contribution in [-0.2, 0) is 21.4 Å². The van der Waals surface area contributed by atoms with Crippen molar-refractivity contribution in [1.82, 2.24) is 0 Å². The lowest BCUT2D eigenvalue weighted by atomic mass is 9.93. The molecule has 0 saturated heterocycles. The second kappa shape index (κ2) is 7.20. The van der Waals surface area contributed by atoms with Gasteiger partial charge in [-0.05, 0) is 30.0 Å². The van der Waals surface area contributed by atoms with E-state index in [-0.39, 0.29) is 0 Å². The Morgan fingerprint density at radius 1 is 1.26 bits per heavy atom. The van der Waals surface area contributed by atoms with Gasteiger partial charge < -0.3 is 9.47 Å². The predicted molar refractivity (Wildman–Crippen MR) is 84.9 cm³/mol. The molecule has 0 amide bonds. The summed E-state index contributed by atoms with van der Waals surface area (Å²) >= 11 is 0. The molecule has 0 aliphatic rings. The Morgan fingerprint density at radius 2 is 1.95 bits per heavy atom. The third kappa shape index (κ3) is 5.45. The molecule has 0 radical (unpaired) electrons. The van der Waals surface area contributed by atoms with Crippen LogP contribution in [0.5, 0.6) is 5.75 Å². The largest absolute Gasteiger partial charge is 0.468 e. The van der Waals surface area contributed by atoms with Crippen LogP contribution in [0.15, 0.2) is 24.3 Å². The topological polar surface area (TPSA) is 18.5 Å². The molecule has 0 aliphatic carbocycles. The predicted octanol–water partition coefficient (Wildman–Crippen LogP) is 3.85. The summed E-state index contributed by atoms with van der Waals surface area (Å²) in [6.45, 7) is 9.62. The van der Waals surface area contributed by atoms with Crippen LogP contribution in [0.4, 0.5) is 0 Å². The smallest absolute Gasteiger partial charge is 0.188 e. The highest BCUT2D eigenvalue weighted by Crippen LogP contribution is 2.28. The Kier molecular flexibility index (Phi) is 6.21. The number of ether oxygens (including phenoxy) is 2. The maximum Gasteiger partial charge on any atom is 0.188 e. The molecular formula is C16H27O2S+. The van der Waals surface area contributed by atoms with E-state index in [4.69, 9.17) is 9.47 Å². The van der Waals surface area contributed by atoms with E-state index in [1.165, 1.54) is 5.56 Å². The second-order valence-corrected chi connectivity index (χ2v) is 8.42. The van der Waals surface area contributed by atoms with Crippen molar-refractivity contribution in [3.63, 3.8) is 0 Å². The van der Waals surface area contributed by atoms with Crippen LogP contribution in [-0.4, -0.2) is 25.4 Å². The van der Waals surface area contributed by atoms with Crippen molar-refractivity contribution in [2.45, 2.75) is 38.7 Å². The molecule has 2 nitrogen and oxygen atoms in total. The van der Waals surface area contributed by atoms with Gasteiger partial charge in [0.05, 0.1) is 6.26 Å². The van der Waals surface area contributed by atoms with Crippen molar-refractivity contribution in [2.75, 3.05) is 20.2 Å². The molecule has 0 bridgehead atoms. The molecule has 0 aliphatic heterocycles. The first-order chi connectivity index (χ1) is 8.84. The van der Waals surface area contributed by atoms with Crippen molar-refractivity contribution >= 4 is 10.9 Å². The van der Waals surface area contributed by atoms with Gasteiger partial charge in [0, 0.05) is 18.1 Å². The number of rotatable bonds is 6. The van der Waals surface area contributed by atoms with Gasteiger partial charge in [0.1, 0.15) is 16.8 Å². The van der Waals surface area contributed by atoms with E-state index < -0.39 is 0 Å². The first-order valence-corrected chi connectivity index (χ1v) is 8.53. The first kappa shape index (κ1) is 16.4. The minimum atomic E-state index is 0.305. The summed E-state index contributed by atoms with van der Waals surface area (Å²) in [4.78, 5) is 0. The van der Waals surface area contributed by atoms with Crippen molar-refractivity contribution < 1.29 is 9.47 Å². The normalized spacial score (nSPS) is 15.1. The van der Waals surface area contributed by atoms with Crippen LogP contribution < -0.4 is 4.74 Å². The third-order valence-corrected chi connectivity index (χ3v) is 6.16. The number of hydrogen-bond donors (Lipinski definition) is 0. The van der Waals surface area contributed by atoms with Crippen LogP contribution in [0.3, 0.4) is 0 Å². The molecule has 0 saturated carbocycles. The molecule has 0 spiro atoms. The van der Waals surface area contributed by atoms with E-state index in [0.717, 1.165) is 11.5 Å². The fraction of sp³-hybridized carbons (Fsp3) is 0.625. The van der Waals surface area contributed by atoms with Crippen molar-refractivity contribution in [1.29, 1.82) is 0 Å². The standard InChI is InChI=1S/C16H27O2S/c1-13(16(2,3)4)19(6)11-14-8-7-9-15(10-14)18-12-17-5/h7-10,13H,11-12H2,1-6H3/q+1. The van der Waals surface area contributed by atoms with Crippen molar-refractivity contribution in [3.8, 4) is 5.75 Å². The molecule has 2 unspecified atom stereocenters. The summed E-state index contributed by atoms with van der Waals surface area (Å²) in [5, 5.41) is 0.705. The molecule has 1 aromatic rings. The van der Waals surface area contributed by atoms with Gasteiger partial charge in [-0.15, -0.1) is 0 Å². The Labute approximate surface area is 120 Å². The van der Waals surface area contributed by atoms with Crippen LogP contribution in [0.1, 0.15) is 33.3 Å². The first-order valence-electron chi connectivity index (χ1n) is 6.66. The van der Waals surface area contributed by atoms with E-state index in [1.807, 2.05) is 6.07 Å². The summed E-state index contributed by atoms with van der Waals surface area (Å²) in [5.41, 5.74) is 1.71. The fourth-order valence-corrected chi connectivity index (χ4v) is 4.01. The zero-order valence-corrected chi connectivity index (χ0v) is 13.8. The number of benzene rings is 1. The fourth-order valence-electron chi connectivity index (χ4n) is 1.84. The molecular weight excluding hydrogens is 256 g/mol. The summed E-state index contributed by atoms with van der Waals surface area (Å²) in [5.74, 6) is 2.00. The lowest BCUT2D eigenvalue weighted by Gasteiger charge is -2.25. The number of methoxy groups -OCH3 is 1. The maximum absolute atomic E-state index is 5.49. The van der Waals surface area contributed by atoms with Crippen LogP contribution >= 0.6 is 0 Å². The highest BCUT2D eigenvalue weighted by Gasteiger charge is 2.32. The third-order valence-electron chi connectivity index (χ3n) is 3.46. The van der Waals surface area contributed by atoms with E-state index in [2.05, 4.69) is 52.1 Å². The molecule has 0 heterocycles. The van der Waals surface area contributed by atoms with E-state index in [1.54, 1.807) is 7.11 Å². The summed E-state index contributed by atoms with van der Waals surface area (Å²) in [7, 11) is 2.00. The minimum Gasteiger partial charge on any atom is -0.468 e. The van der Waals surface area contributed by atoms with Crippen LogP contribution in [0, 0.1) is 5.41 Å². The highest BCUT2D eigenvalue weighted by molar-refractivity contribution is 7.96. The average Bonchev–Trinajstić information content (AvgIpc) is 2.34. The van der Waals surface area contributed by atoms with Gasteiger partial charge in [-0.25, -0.2) is 0 Å². The van der Waals surface area contributed by atoms with Gasteiger partial charge >= 0.3 is 0 Å². The minimum absolute atomic E-state index is 0.305. The Hall–Kier alpha value is -0.670. The van der Waals surface area contributed by atoms with Gasteiger partial charge in [-0.1, -0.05) is 32.9 Å². The SMILES string of the molecule is COCOc1cccc(C[S+](C)C(C)C(C)(C)C)c1. The van der Waals surface area contributed by atoms with Gasteiger partial charge in [0.25, 0.3) is 0 Å². The molecule has 2 atom stereocenters. The zero-order valence-electron chi connectivity index (χ0n) is 13.0. The Bertz CT molecular complexity index is 385.